The van der Waals surface area contributed by atoms with Gasteiger partial charge in [-0.25, -0.2) is 0 Å². The van der Waals surface area contributed by atoms with Crippen LogP contribution in [-0.4, -0.2) is 10.1 Å². The van der Waals surface area contributed by atoms with Gasteiger partial charge in [0.2, 0.25) is 10.1 Å². The Bertz CT molecular complexity index is 11.6. The third-order valence-corrected chi connectivity index (χ3v) is 0. The van der Waals surface area contributed by atoms with Crippen LogP contribution in [0.4, 0.5) is 0 Å². The van der Waals surface area contributed by atoms with E-state index >= 15 is 0 Å². The van der Waals surface area contributed by atoms with Crippen LogP contribution in [-0.2, 0) is 26.2 Å². The van der Waals surface area contributed by atoms with E-state index in [0.29, 0.717) is 10.1 Å². The van der Waals surface area contributed by atoms with Gasteiger partial charge in [0, 0.05) is 21.7 Å². The van der Waals surface area contributed by atoms with Gasteiger partial charge >= 0.3 is 18.9 Å². The van der Waals surface area contributed by atoms with Gasteiger partial charge in [0.1, 0.15) is 0 Å². The van der Waals surface area contributed by atoms with Crippen LogP contribution in [0.5, 0.6) is 0 Å². The topological polar surface area (TPSA) is 17.1 Å². The summed E-state index contributed by atoms with van der Waals surface area (Å²) in [6.45, 7) is 0. The van der Waals surface area contributed by atoms with Crippen LogP contribution in [0.15, 0.2) is 0 Å². The molecule has 0 aromatic carbocycles. The van der Waals surface area contributed by atoms with Crippen molar-refractivity contribution in [2.24, 2.45) is 0 Å². The Morgan fingerprint density at radius 1 is 1.50 bits per heavy atom. The molecule has 0 aromatic heterocycles. The maximum atomic E-state index is 8.28. The van der Waals surface area contributed by atoms with E-state index in [9.17, 15) is 0 Å². The van der Waals surface area contributed by atoms with Crippen LogP contribution in [0.1, 0.15) is 1.43 Å². The SMILES string of the molecule is O=[SiH2].[H-].[Li+].[Ti]. The Morgan fingerprint density at radius 3 is 1.50 bits per heavy atom. The van der Waals surface area contributed by atoms with E-state index in [1.165, 1.54) is 0 Å². The second kappa shape index (κ2) is 27.2. The molecule has 0 heterocycles. The van der Waals surface area contributed by atoms with Gasteiger partial charge in [0.15, 0.2) is 0 Å². The first-order chi connectivity index (χ1) is 1.00. The van der Waals surface area contributed by atoms with Gasteiger partial charge < -0.3 is 5.89 Å². The summed E-state index contributed by atoms with van der Waals surface area (Å²) >= 11 is 0. The molecule has 0 rings (SSSR count). The fraction of sp³-hybridized carbons (Fsp3) is 0. The summed E-state index contributed by atoms with van der Waals surface area (Å²) in [4.78, 5) is 0. The maximum absolute atomic E-state index is 8.28. The molecule has 1 nitrogen and oxygen atoms in total. The van der Waals surface area contributed by atoms with E-state index in [4.69, 9.17) is 4.46 Å². The Hall–Kier alpha value is 1.33. The Morgan fingerprint density at radius 2 is 1.50 bits per heavy atom. The van der Waals surface area contributed by atoms with Crippen molar-refractivity contribution in [3.8, 4) is 0 Å². The molecule has 0 saturated heterocycles. The van der Waals surface area contributed by atoms with Crippen molar-refractivity contribution in [3.63, 3.8) is 0 Å². The zero-order chi connectivity index (χ0) is 2.00. The van der Waals surface area contributed by atoms with Gasteiger partial charge in [-0.2, -0.15) is 0 Å². The summed E-state index contributed by atoms with van der Waals surface area (Å²) in [6.07, 6.45) is 0. The largest absolute Gasteiger partial charge is 1.00 e. The average Bonchev–Trinajstić information content (AvgIpc) is 1.00. The van der Waals surface area contributed by atoms with E-state index < -0.39 is 0 Å². The van der Waals surface area contributed by atoms with Crippen molar-refractivity contribution in [2.75, 3.05) is 0 Å². The van der Waals surface area contributed by atoms with Gasteiger partial charge in [-0.1, -0.05) is 0 Å². The number of hydrogen-bond acceptors (Lipinski definition) is 1. The average molecular weight is 102 g/mol. The molecule has 0 spiro atoms. The van der Waals surface area contributed by atoms with Crippen molar-refractivity contribution in [2.45, 2.75) is 0 Å². The molecule has 4 heavy (non-hydrogen) atoms. The molecule has 0 aliphatic rings. The van der Waals surface area contributed by atoms with E-state index in [-0.39, 0.29) is 42.0 Å². The molecule has 0 amide bonds. The minimum Gasteiger partial charge on any atom is -1.00 e. The van der Waals surface area contributed by atoms with E-state index in [0.717, 1.165) is 0 Å². The van der Waals surface area contributed by atoms with Crippen molar-refractivity contribution >= 4 is 10.1 Å². The van der Waals surface area contributed by atoms with Crippen molar-refractivity contribution < 1.29 is 46.5 Å². The molecule has 0 saturated carbocycles. The second-order valence-electron chi connectivity index (χ2n) is 0. The molecule has 0 bridgehead atoms. The first-order valence-electron chi connectivity index (χ1n) is 0.289. The van der Waals surface area contributed by atoms with Gasteiger partial charge in [-0.05, 0) is 0 Å². The first-order valence-corrected chi connectivity index (χ1v) is 0.866. The third kappa shape index (κ3) is 10.2. The van der Waals surface area contributed by atoms with Gasteiger partial charge in [0.25, 0.3) is 0 Å². The van der Waals surface area contributed by atoms with Crippen molar-refractivity contribution in [1.29, 1.82) is 0 Å². The van der Waals surface area contributed by atoms with Gasteiger partial charge in [-0.15, -0.1) is 0 Å². The van der Waals surface area contributed by atoms with E-state index in [2.05, 4.69) is 0 Å². The standard InChI is InChI=1S/Li.H2OSi.Ti.H/c;1-2;;/h;2H2;;/q+1;;;-1. The second-order valence-corrected chi connectivity index (χ2v) is 0. The minimum atomic E-state index is 0. The molecular weight excluding hydrogens is 98.9 g/mol. The predicted molar refractivity (Wildman–Crippen MR) is 10.3 cm³/mol. The summed E-state index contributed by atoms with van der Waals surface area (Å²) in [5.41, 5.74) is 0. The molecule has 0 aliphatic carbocycles. The summed E-state index contributed by atoms with van der Waals surface area (Å²) in [5, 5.41) is 0. The Labute approximate surface area is 56.6 Å². The minimum absolute atomic E-state index is 0. The van der Waals surface area contributed by atoms with Gasteiger partial charge in [-0.3, -0.25) is 0 Å². The molecule has 4 heteroatoms. The predicted octanol–water partition coefficient (Wildman–Crippen LogP) is -3.92. The molecule has 0 fully saturated rings. The van der Waals surface area contributed by atoms with Crippen LogP contribution < -0.4 is 18.9 Å². The summed E-state index contributed by atoms with van der Waals surface area (Å²) < 4.78 is 8.28. The molecule has 0 radical (unpaired) electrons. The smallest absolute Gasteiger partial charge is 1.00 e. The van der Waals surface area contributed by atoms with Crippen LogP contribution in [0.2, 0.25) is 0 Å². The van der Waals surface area contributed by atoms with Crippen molar-refractivity contribution in [1.82, 2.24) is 0 Å². The Balaban J connectivity index is -0.00000000167. The van der Waals surface area contributed by atoms with Crippen molar-refractivity contribution in [3.05, 3.63) is 0 Å². The molecule has 0 N–H and O–H groups in total. The summed E-state index contributed by atoms with van der Waals surface area (Å²) in [6, 6.07) is 0. The maximum Gasteiger partial charge on any atom is 1.00 e. The molecule has 0 atom stereocenters. The monoisotopic (exact) mass is 102 g/mol. The fourth-order valence-electron chi connectivity index (χ4n) is 0. The Kier molecular flexibility index (Phi) is 125. The molecule has 0 aliphatic heterocycles. The number of rotatable bonds is 0. The zero-order valence-corrected chi connectivity index (χ0v) is 5.59. The molecular formula is H3LiOSiTi. The zero-order valence-electron chi connectivity index (χ0n) is 3.62. The number of hydrogen-bond donors (Lipinski definition) is 0. The normalized spacial score (nSPS) is 1.00. The summed E-state index contributed by atoms with van der Waals surface area (Å²) in [5.74, 6) is 0. The van der Waals surface area contributed by atoms with E-state index in [1.807, 2.05) is 0 Å². The van der Waals surface area contributed by atoms with Crippen LogP contribution in [0.3, 0.4) is 0 Å². The quantitative estimate of drug-likeness (QED) is 0.285. The molecule has 18 valence electrons. The molecule has 0 aromatic rings. The van der Waals surface area contributed by atoms with Crippen LogP contribution in [0, 0.1) is 0 Å². The summed E-state index contributed by atoms with van der Waals surface area (Å²) in [7, 11) is 0.611. The van der Waals surface area contributed by atoms with E-state index in [1.54, 1.807) is 0 Å². The third-order valence-electron chi connectivity index (χ3n) is 0. The molecule has 0 unspecified atom stereocenters. The van der Waals surface area contributed by atoms with Crippen LogP contribution >= 0.6 is 0 Å². The first kappa shape index (κ1) is 18.4. The fourth-order valence-corrected chi connectivity index (χ4v) is 0. The van der Waals surface area contributed by atoms with Gasteiger partial charge in [0.05, 0.1) is 0 Å². The van der Waals surface area contributed by atoms with Crippen LogP contribution in [0.25, 0.3) is 0 Å².